The largest absolute Gasteiger partial charge is 0.345 e. The summed E-state index contributed by atoms with van der Waals surface area (Å²) in [6.07, 6.45) is 5.04. The first kappa shape index (κ1) is 18.1. The van der Waals surface area contributed by atoms with Gasteiger partial charge in [-0.25, -0.2) is 0 Å². The summed E-state index contributed by atoms with van der Waals surface area (Å²) in [5.74, 6) is 0.957. The number of aryl methyl sites for hydroxylation is 1. The molecule has 3 aromatic rings. The maximum absolute atomic E-state index is 12.3. The molecule has 0 atom stereocenters. The third kappa shape index (κ3) is 4.89. The topological polar surface area (TPSA) is 72.1 Å². The van der Waals surface area contributed by atoms with Gasteiger partial charge in [0.1, 0.15) is 0 Å². The Labute approximate surface area is 156 Å². The molecule has 1 aromatic carbocycles. The number of pyridine rings is 1. The van der Waals surface area contributed by atoms with E-state index < -0.39 is 0 Å². The standard InChI is InChI=1S/C19H19ClN4O2/c1-24(12-9-14-7-10-21-11-8-14)18(25)6-5-17-22-19(23-26-17)15-3-2-4-16(20)13-15/h2-4,7-8,10-11,13H,5-6,9,12H2,1H3. The lowest BCUT2D eigenvalue weighted by Crippen LogP contribution is -2.29. The molecule has 2 aromatic heterocycles. The summed E-state index contributed by atoms with van der Waals surface area (Å²) in [6, 6.07) is 11.1. The zero-order chi connectivity index (χ0) is 18.4. The zero-order valence-corrected chi connectivity index (χ0v) is 15.2. The van der Waals surface area contributed by atoms with Crippen molar-refractivity contribution in [2.75, 3.05) is 13.6 Å². The Morgan fingerprint density at radius 1 is 1.19 bits per heavy atom. The Hall–Kier alpha value is -2.73. The number of benzene rings is 1. The van der Waals surface area contributed by atoms with Crippen LogP contribution in [0.4, 0.5) is 0 Å². The van der Waals surface area contributed by atoms with Crippen molar-refractivity contribution in [3.8, 4) is 11.4 Å². The highest BCUT2D eigenvalue weighted by atomic mass is 35.5. The Bertz CT molecular complexity index is 867. The van der Waals surface area contributed by atoms with Crippen molar-refractivity contribution in [3.05, 3.63) is 65.3 Å². The van der Waals surface area contributed by atoms with E-state index in [4.69, 9.17) is 16.1 Å². The average Bonchev–Trinajstić information content (AvgIpc) is 3.14. The van der Waals surface area contributed by atoms with Crippen LogP contribution >= 0.6 is 11.6 Å². The Morgan fingerprint density at radius 2 is 2.00 bits per heavy atom. The monoisotopic (exact) mass is 370 g/mol. The van der Waals surface area contributed by atoms with Crippen molar-refractivity contribution in [3.63, 3.8) is 0 Å². The van der Waals surface area contributed by atoms with Gasteiger partial charge in [0.25, 0.3) is 0 Å². The van der Waals surface area contributed by atoms with Crippen molar-refractivity contribution in [1.29, 1.82) is 0 Å². The van der Waals surface area contributed by atoms with E-state index >= 15 is 0 Å². The van der Waals surface area contributed by atoms with Crippen molar-refractivity contribution < 1.29 is 9.32 Å². The fourth-order valence-electron chi connectivity index (χ4n) is 2.48. The van der Waals surface area contributed by atoms with Gasteiger partial charge in [-0.05, 0) is 36.2 Å². The summed E-state index contributed by atoms with van der Waals surface area (Å²) in [7, 11) is 1.80. The predicted molar refractivity (Wildman–Crippen MR) is 98.6 cm³/mol. The van der Waals surface area contributed by atoms with Crippen LogP contribution in [0.2, 0.25) is 5.02 Å². The average molecular weight is 371 g/mol. The molecule has 0 fully saturated rings. The Morgan fingerprint density at radius 3 is 2.77 bits per heavy atom. The number of aromatic nitrogens is 3. The van der Waals surface area contributed by atoms with Crippen LogP contribution in [0.15, 0.2) is 53.3 Å². The molecule has 0 aliphatic rings. The first-order valence-corrected chi connectivity index (χ1v) is 8.71. The minimum Gasteiger partial charge on any atom is -0.345 e. The van der Waals surface area contributed by atoms with E-state index in [0.717, 1.165) is 17.5 Å². The van der Waals surface area contributed by atoms with Crippen molar-refractivity contribution in [2.45, 2.75) is 19.3 Å². The van der Waals surface area contributed by atoms with Crippen LogP contribution in [0.3, 0.4) is 0 Å². The molecule has 0 unspecified atom stereocenters. The molecule has 0 N–H and O–H groups in total. The molecule has 2 heterocycles. The van der Waals surface area contributed by atoms with Crippen LogP contribution in [0.5, 0.6) is 0 Å². The highest BCUT2D eigenvalue weighted by molar-refractivity contribution is 6.30. The van der Waals surface area contributed by atoms with Crippen LogP contribution in [-0.4, -0.2) is 39.5 Å². The van der Waals surface area contributed by atoms with Gasteiger partial charge in [0.15, 0.2) is 0 Å². The van der Waals surface area contributed by atoms with Crippen molar-refractivity contribution in [1.82, 2.24) is 20.0 Å². The number of halogens is 1. The smallest absolute Gasteiger partial charge is 0.227 e. The molecule has 0 aliphatic carbocycles. The van der Waals surface area contributed by atoms with E-state index in [9.17, 15) is 4.79 Å². The van der Waals surface area contributed by atoms with E-state index in [1.54, 1.807) is 36.5 Å². The number of hydrogen-bond donors (Lipinski definition) is 0. The van der Waals surface area contributed by atoms with Gasteiger partial charge in [-0.3, -0.25) is 9.78 Å². The van der Waals surface area contributed by atoms with Gasteiger partial charge in [-0.1, -0.05) is 28.9 Å². The second-order valence-electron chi connectivity index (χ2n) is 5.94. The summed E-state index contributed by atoms with van der Waals surface area (Å²) in [6.45, 7) is 0.653. The molecule has 1 amide bonds. The second-order valence-corrected chi connectivity index (χ2v) is 6.38. The van der Waals surface area contributed by atoms with Crippen LogP contribution in [-0.2, 0) is 17.6 Å². The highest BCUT2D eigenvalue weighted by Gasteiger charge is 2.13. The van der Waals surface area contributed by atoms with Gasteiger partial charge in [-0.2, -0.15) is 4.98 Å². The van der Waals surface area contributed by atoms with E-state index in [-0.39, 0.29) is 5.91 Å². The molecule has 0 bridgehead atoms. The van der Waals surface area contributed by atoms with Crippen LogP contribution in [0.25, 0.3) is 11.4 Å². The van der Waals surface area contributed by atoms with E-state index in [1.165, 1.54) is 0 Å². The molecule has 26 heavy (non-hydrogen) atoms. The van der Waals surface area contributed by atoms with E-state index in [2.05, 4.69) is 15.1 Å². The van der Waals surface area contributed by atoms with Gasteiger partial charge in [0, 0.05) is 49.4 Å². The second kappa shape index (κ2) is 8.58. The first-order valence-electron chi connectivity index (χ1n) is 8.33. The van der Waals surface area contributed by atoms with Gasteiger partial charge in [0.05, 0.1) is 0 Å². The lowest BCUT2D eigenvalue weighted by molar-refractivity contribution is -0.129. The number of nitrogens with zero attached hydrogens (tertiary/aromatic N) is 4. The fourth-order valence-corrected chi connectivity index (χ4v) is 2.67. The molecule has 0 radical (unpaired) electrons. The van der Waals surface area contributed by atoms with E-state index in [1.807, 2.05) is 24.3 Å². The number of amides is 1. The van der Waals surface area contributed by atoms with Crippen molar-refractivity contribution in [2.24, 2.45) is 0 Å². The highest BCUT2D eigenvalue weighted by Crippen LogP contribution is 2.20. The minimum absolute atomic E-state index is 0.0431. The quantitative estimate of drug-likeness (QED) is 0.637. The summed E-state index contributed by atoms with van der Waals surface area (Å²) < 4.78 is 5.24. The van der Waals surface area contributed by atoms with Gasteiger partial charge in [0.2, 0.25) is 17.6 Å². The molecular weight excluding hydrogens is 352 g/mol. The van der Waals surface area contributed by atoms with Crippen molar-refractivity contribution >= 4 is 17.5 Å². The van der Waals surface area contributed by atoms with E-state index in [0.29, 0.717) is 36.1 Å². The van der Waals surface area contributed by atoms with Crippen LogP contribution in [0.1, 0.15) is 17.9 Å². The third-order valence-electron chi connectivity index (χ3n) is 4.01. The van der Waals surface area contributed by atoms with Gasteiger partial charge in [-0.15, -0.1) is 0 Å². The Kier molecular flexibility index (Phi) is 5.96. The molecule has 3 rings (SSSR count). The lowest BCUT2D eigenvalue weighted by Gasteiger charge is -2.16. The predicted octanol–water partition coefficient (Wildman–Crippen LogP) is 3.42. The third-order valence-corrected chi connectivity index (χ3v) is 4.25. The van der Waals surface area contributed by atoms with Gasteiger partial charge >= 0.3 is 0 Å². The molecule has 6 nitrogen and oxygen atoms in total. The SMILES string of the molecule is CN(CCc1ccncc1)C(=O)CCc1nc(-c2cccc(Cl)c2)no1. The first-order chi connectivity index (χ1) is 12.6. The maximum Gasteiger partial charge on any atom is 0.227 e. The number of rotatable bonds is 7. The van der Waals surface area contributed by atoms with Crippen LogP contribution < -0.4 is 0 Å². The molecule has 0 saturated carbocycles. The Balaban J connectivity index is 1.50. The maximum atomic E-state index is 12.3. The summed E-state index contributed by atoms with van der Waals surface area (Å²) in [5.41, 5.74) is 1.94. The molecule has 7 heteroatoms. The number of carbonyl (C=O) groups is 1. The normalized spacial score (nSPS) is 10.7. The summed E-state index contributed by atoms with van der Waals surface area (Å²) in [5, 5.41) is 4.56. The zero-order valence-electron chi connectivity index (χ0n) is 14.4. The molecule has 0 spiro atoms. The molecule has 0 saturated heterocycles. The number of likely N-dealkylation sites (N-methyl/N-ethyl adjacent to an activating group) is 1. The van der Waals surface area contributed by atoms with Gasteiger partial charge < -0.3 is 9.42 Å². The number of hydrogen-bond acceptors (Lipinski definition) is 5. The summed E-state index contributed by atoms with van der Waals surface area (Å²) in [4.78, 5) is 22.3. The molecular formula is C19H19ClN4O2. The number of carbonyl (C=O) groups excluding carboxylic acids is 1. The lowest BCUT2D eigenvalue weighted by atomic mass is 10.2. The van der Waals surface area contributed by atoms with Crippen LogP contribution in [0, 0.1) is 0 Å². The fraction of sp³-hybridized carbons (Fsp3) is 0.263. The molecule has 0 aliphatic heterocycles. The molecule has 134 valence electrons. The summed E-state index contributed by atoms with van der Waals surface area (Å²) >= 11 is 5.97. The minimum atomic E-state index is 0.0431.